The topological polar surface area (TPSA) is 46.2 Å². The molecular formula is C16H27NO2S. The number of nitrogens with one attached hydrogen (secondary N) is 1. The third kappa shape index (κ3) is 5.25. The van der Waals surface area contributed by atoms with Gasteiger partial charge < -0.3 is 0 Å². The second kappa shape index (κ2) is 7.79. The largest absolute Gasteiger partial charge is 0.214 e. The van der Waals surface area contributed by atoms with Crippen molar-refractivity contribution < 1.29 is 8.42 Å². The molecule has 0 aliphatic heterocycles. The summed E-state index contributed by atoms with van der Waals surface area (Å²) in [4.78, 5) is 0. The van der Waals surface area contributed by atoms with Crippen LogP contribution in [0.25, 0.3) is 0 Å². The minimum Gasteiger partial charge on any atom is -0.214 e. The number of sulfonamides is 1. The van der Waals surface area contributed by atoms with E-state index >= 15 is 0 Å². The van der Waals surface area contributed by atoms with Crippen LogP contribution >= 0.6 is 0 Å². The molecule has 0 radical (unpaired) electrons. The van der Waals surface area contributed by atoms with Crippen LogP contribution in [0.4, 0.5) is 0 Å². The van der Waals surface area contributed by atoms with Crippen molar-refractivity contribution in [3.05, 3.63) is 35.4 Å². The Labute approximate surface area is 123 Å². The second-order valence-electron chi connectivity index (χ2n) is 5.69. The maximum Gasteiger partial charge on any atom is 0.213 e. The number of benzene rings is 1. The summed E-state index contributed by atoms with van der Waals surface area (Å²) in [5.41, 5.74) is 2.53. The highest BCUT2D eigenvalue weighted by Crippen LogP contribution is 2.16. The molecule has 0 saturated heterocycles. The van der Waals surface area contributed by atoms with Crippen molar-refractivity contribution >= 4 is 10.0 Å². The fraction of sp³-hybridized carbons (Fsp3) is 0.625. The molecule has 0 aromatic heterocycles. The monoisotopic (exact) mass is 297 g/mol. The van der Waals surface area contributed by atoms with Gasteiger partial charge in [0.15, 0.2) is 0 Å². The molecular weight excluding hydrogens is 270 g/mol. The summed E-state index contributed by atoms with van der Waals surface area (Å²) in [5, 5.41) is -0.383. The van der Waals surface area contributed by atoms with Gasteiger partial charge in [0, 0.05) is 6.54 Å². The normalized spacial score (nSPS) is 13.7. The maximum absolute atomic E-state index is 11.7. The van der Waals surface area contributed by atoms with Gasteiger partial charge in [-0.05, 0) is 43.7 Å². The molecule has 1 atom stereocenters. The zero-order valence-corrected chi connectivity index (χ0v) is 13.8. The summed E-state index contributed by atoms with van der Waals surface area (Å²) >= 11 is 0. The van der Waals surface area contributed by atoms with Crippen molar-refractivity contribution in [2.75, 3.05) is 6.54 Å². The van der Waals surface area contributed by atoms with E-state index in [1.54, 1.807) is 13.8 Å². The fourth-order valence-electron chi connectivity index (χ4n) is 1.92. The first-order chi connectivity index (χ1) is 9.36. The minimum atomic E-state index is -3.17. The van der Waals surface area contributed by atoms with Crippen LogP contribution in [-0.4, -0.2) is 20.2 Å². The van der Waals surface area contributed by atoms with E-state index in [1.165, 1.54) is 24.0 Å². The molecule has 0 aliphatic carbocycles. The van der Waals surface area contributed by atoms with Crippen molar-refractivity contribution in [1.29, 1.82) is 0 Å². The van der Waals surface area contributed by atoms with Crippen LogP contribution in [0.1, 0.15) is 57.6 Å². The summed E-state index contributed by atoms with van der Waals surface area (Å²) < 4.78 is 26.1. The molecule has 114 valence electrons. The van der Waals surface area contributed by atoms with E-state index < -0.39 is 10.0 Å². The number of aryl methyl sites for hydroxylation is 1. The molecule has 0 heterocycles. The Morgan fingerprint density at radius 3 is 2.20 bits per heavy atom. The van der Waals surface area contributed by atoms with Crippen LogP contribution in [0.15, 0.2) is 24.3 Å². The predicted molar refractivity (Wildman–Crippen MR) is 85.5 cm³/mol. The van der Waals surface area contributed by atoms with E-state index in [4.69, 9.17) is 0 Å². The highest BCUT2D eigenvalue weighted by atomic mass is 32.2. The Morgan fingerprint density at radius 1 is 1.10 bits per heavy atom. The quantitative estimate of drug-likeness (QED) is 0.798. The number of unbranched alkanes of at least 4 members (excludes halogenated alkanes) is 1. The Morgan fingerprint density at radius 2 is 1.70 bits per heavy atom. The summed E-state index contributed by atoms with van der Waals surface area (Å²) in [6.45, 7) is 8.07. The molecule has 1 unspecified atom stereocenters. The SMILES string of the molecule is CCCCc1ccc(C(C)CNS(=O)(=O)C(C)C)cc1. The maximum atomic E-state index is 11.7. The number of hydrogen-bond acceptors (Lipinski definition) is 2. The average Bonchev–Trinajstić information content (AvgIpc) is 2.43. The predicted octanol–water partition coefficient (Wildman–Crippen LogP) is 3.46. The molecule has 0 amide bonds. The van der Waals surface area contributed by atoms with Crippen LogP contribution in [0, 0.1) is 0 Å². The first-order valence-corrected chi connectivity index (χ1v) is 8.98. The van der Waals surface area contributed by atoms with Gasteiger partial charge in [-0.1, -0.05) is 44.5 Å². The third-order valence-corrected chi connectivity index (χ3v) is 5.39. The van der Waals surface area contributed by atoms with Gasteiger partial charge in [0.05, 0.1) is 5.25 Å². The number of rotatable bonds is 8. The molecule has 0 bridgehead atoms. The minimum absolute atomic E-state index is 0.184. The van der Waals surface area contributed by atoms with Crippen molar-refractivity contribution in [1.82, 2.24) is 4.72 Å². The lowest BCUT2D eigenvalue weighted by atomic mass is 9.99. The van der Waals surface area contributed by atoms with Gasteiger partial charge in [-0.2, -0.15) is 0 Å². The molecule has 1 aromatic carbocycles. The molecule has 0 saturated carbocycles. The zero-order chi connectivity index (χ0) is 15.2. The van der Waals surface area contributed by atoms with Crippen LogP contribution in [0.5, 0.6) is 0 Å². The van der Waals surface area contributed by atoms with Crippen molar-refractivity contribution in [2.24, 2.45) is 0 Å². The van der Waals surface area contributed by atoms with Gasteiger partial charge in [0.2, 0.25) is 10.0 Å². The highest BCUT2D eigenvalue weighted by molar-refractivity contribution is 7.90. The fourth-order valence-corrected chi connectivity index (χ4v) is 2.74. The average molecular weight is 297 g/mol. The molecule has 1 aromatic rings. The smallest absolute Gasteiger partial charge is 0.213 e. The molecule has 0 aliphatic rings. The van der Waals surface area contributed by atoms with Crippen LogP contribution in [0.2, 0.25) is 0 Å². The van der Waals surface area contributed by atoms with Crippen molar-refractivity contribution in [3.8, 4) is 0 Å². The van der Waals surface area contributed by atoms with E-state index in [0.29, 0.717) is 6.54 Å². The highest BCUT2D eigenvalue weighted by Gasteiger charge is 2.16. The second-order valence-corrected chi connectivity index (χ2v) is 8.01. The molecule has 1 N–H and O–H groups in total. The summed E-state index contributed by atoms with van der Waals surface area (Å²) in [6.07, 6.45) is 3.53. The summed E-state index contributed by atoms with van der Waals surface area (Å²) in [6, 6.07) is 8.52. The summed E-state index contributed by atoms with van der Waals surface area (Å²) in [7, 11) is -3.17. The van der Waals surface area contributed by atoms with E-state index in [0.717, 1.165) is 6.42 Å². The van der Waals surface area contributed by atoms with E-state index in [-0.39, 0.29) is 11.2 Å². The Hall–Kier alpha value is -0.870. The van der Waals surface area contributed by atoms with Crippen molar-refractivity contribution in [3.63, 3.8) is 0 Å². The molecule has 4 heteroatoms. The molecule has 3 nitrogen and oxygen atoms in total. The van der Waals surface area contributed by atoms with E-state index in [2.05, 4.69) is 35.9 Å². The van der Waals surface area contributed by atoms with E-state index in [1.807, 2.05) is 6.92 Å². The lowest BCUT2D eigenvalue weighted by Gasteiger charge is -2.15. The standard InChI is InChI=1S/C16H27NO2S/c1-5-6-7-15-8-10-16(11-9-15)14(4)12-17-20(18,19)13(2)3/h8-11,13-14,17H,5-7,12H2,1-4H3. The molecule has 0 spiro atoms. The lowest BCUT2D eigenvalue weighted by Crippen LogP contribution is -2.33. The first-order valence-electron chi connectivity index (χ1n) is 7.44. The summed E-state index contributed by atoms with van der Waals surface area (Å²) in [5.74, 6) is 0.184. The van der Waals surface area contributed by atoms with Gasteiger partial charge >= 0.3 is 0 Å². The Bertz CT molecular complexity index is 492. The van der Waals surface area contributed by atoms with E-state index in [9.17, 15) is 8.42 Å². The zero-order valence-electron chi connectivity index (χ0n) is 13.0. The third-order valence-electron chi connectivity index (χ3n) is 3.58. The van der Waals surface area contributed by atoms with Crippen LogP contribution in [-0.2, 0) is 16.4 Å². The molecule has 0 fully saturated rings. The molecule has 20 heavy (non-hydrogen) atoms. The Kier molecular flexibility index (Phi) is 6.69. The lowest BCUT2D eigenvalue weighted by molar-refractivity contribution is 0.566. The van der Waals surface area contributed by atoms with Crippen LogP contribution in [0.3, 0.4) is 0 Å². The van der Waals surface area contributed by atoms with Gasteiger partial charge in [-0.25, -0.2) is 13.1 Å². The van der Waals surface area contributed by atoms with Gasteiger partial charge in [-0.15, -0.1) is 0 Å². The number of hydrogen-bond donors (Lipinski definition) is 1. The molecule has 1 rings (SSSR count). The van der Waals surface area contributed by atoms with Gasteiger partial charge in [0.25, 0.3) is 0 Å². The first kappa shape index (κ1) is 17.2. The van der Waals surface area contributed by atoms with Gasteiger partial charge in [-0.3, -0.25) is 0 Å². The Balaban J connectivity index is 2.57. The van der Waals surface area contributed by atoms with Crippen molar-refractivity contribution in [2.45, 2.75) is 58.1 Å². The van der Waals surface area contributed by atoms with Crippen LogP contribution < -0.4 is 4.72 Å². The van der Waals surface area contributed by atoms with Gasteiger partial charge in [0.1, 0.15) is 0 Å².